The molecule has 7 aliphatic rings. The van der Waals surface area contributed by atoms with E-state index in [0.717, 1.165) is 40.7 Å². The highest BCUT2D eigenvalue weighted by atomic mass is 16.8. The molecule has 0 aliphatic carbocycles. The molecule has 7 heterocycles. The van der Waals surface area contributed by atoms with Gasteiger partial charge in [-0.05, 0) is 146 Å². The quantitative estimate of drug-likeness (QED) is 0.0161. The third kappa shape index (κ3) is 27.5. The summed E-state index contributed by atoms with van der Waals surface area (Å²) in [6.45, 7) is 21.4. The number of allylic oxidation sites excluding steroid dienone is 8. The van der Waals surface area contributed by atoms with Gasteiger partial charge in [0.15, 0.2) is 50.1 Å². The van der Waals surface area contributed by atoms with Crippen LogP contribution in [-0.2, 0) is 75.8 Å². The minimum atomic E-state index is -1.95. The van der Waals surface area contributed by atoms with Gasteiger partial charge in [-0.3, -0.25) is 0 Å². The van der Waals surface area contributed by atoms with Crippen molar-refractivity contribution in [3.8, 4) is 0 Å². The van der Waals surface area contributed by atoms with Gasteiger partial charge >= 0.3 is 5.97 Å². The molecular formula is C82H134O38. The Morgan fingerprint density at radius 2 is 0.708 bits per heavy atom. The summed E-state index contributed by atoms with van der Waals surface area (Å²) in [5.74, 6) is -1.01. The number of hydrogen-bond donors (Lipinski definition) is 22. The number of aliphatic hydroxyl groups excluding tert-OH is 22. The minimum Gasteiger partial charge on any atom is -0.453 e. The Kier molecular flexibility index (Phi) is 40.9. The Bertz CT molecular complexity index is 3340. The molecule has 38 heteroatoms. The minimum absolute atomic E-state index is 0.0137. The van der Waals surface area contributed by atoms with Crippen molar-refractivity contribution in [1.82, 2.24) is 0 Å². The summed E-state index contributed by atoms with van der Waals surface area (Å²) >= 11 is 0. The van der Waals surface area contributed by atoms with Gasteiger partial charge in [-0.15, -0.1) is 13.2 Å². The Morgan fingerprint density at radius 1 is 0.375 bits per heavy atom. The van der Waals surface area contributed by atoms with Crippen molar-refractivity contribution in [2.45, 2.75) is 372 Å². The lowest BCUT2D eigenvalue weighted by Gasteiger charge is -2.47. The molecule has 38 atom stereocenters. The van der Waals surface area contributed by atoms with Crippen molar-refractivity contribution in [1.29, 1.82) is 0 Å². The van der Waals surface area contributed by atoms with Gasteiger partial charge in [-0.2, -0.15) is 0 Å². The van der Waals surface area contributed by atoms with Gasteiger partial charge in [0.25, 0.3) is 0 Å². The van der Waals surface area contributed by atoms with E-state index >= 15 is 0 Å². The van der Waals surface area contributed by atoms with Gasteiger partial charge in [-0.1, -0.05) is 70.4 Å². The van der Waals surface area contributed by atoms with Crippen LogP contribution in [0.2, 0.25) is 0 Å². The molecule has 0 aromatic rings. The number of carbonyl (C=O) groups excluding carboxylic acids is 1. The summed E-state index contributed by atoms with van der Waals surface area (Å²) in [5.41, 5.74) is 2.36. The van der Waals surface area contributed by atoms with Crippen LogP contribution in [0.25, 0.3) is 0 Å². The fourth-order valence-electron chi connectivity index (χ4n) is 14.8. The van der Waals surface area contributed by atoms with E-state index in [2.05, 4.69) is 19.2 Å². The number of aliphatic hydroxyl groups is 22. The van der Waals surface area contributed by atoms with Crippen LogP contribution in [0.1, 0.15) is 140 Å². The first-order valence-electron chi connectivity index (χ1n) is 40.9. The second kappa shape index (κ2) is 47.7. The van der Waals surface area contributed by atoms with Crippen molar-refractivity contribution in [3.05, 3.63) is 95.2 Å². The van der Waals surface area contributed by atoms with E-state index in [-0.39, 0.29) is 18.6 Å². The molecule has 690 valence electrons. The van der Waals surface area contributed by atoms with Crippen LogP contribution in [0.3, 0.4) is 0 Å². The molecule has 0 aromatic heterocycles. The lowest BCUT2D eigenvalue weighted by atomic mass is 9.95. The number of esters is 1. The SMILES string of the molecule is C=C[C@](C)(CC/C=C(\C)CC/C=C(\C)CC/C=C(/C)CO[C@@H]1O[C@@H](C)[C@H](O)[C@@H](O[C@@H]2O[C@H](CO[C@H]3O[C@@H](C)[C@H](O)[C@@H](OC(=O)/C(C)=C/[C@H](O)C/C(C)=C/CC/C(C)=C/CC[C@@](C)(C=C)O[C@@H]4O[C@H](CO)[C@@H](O)[C@H](O)[C@H]4O[C@@H]4O[C@H](CO)[C@@H](O)[C@H](O)[C@H]4O)[C@H]3O)[C@@H](O)[C@H](O)[C@H]2O)[C@H]1O)O[C@@H]1O[C@H](CO)[C@@H](O)[C@H](O)[C@H]1O[C@@H]1O[C@H](CO)[C@@H](O)[C@H](O)[C@H]1O. The Hall–Kier alpha value is -4.05. The van der Waals surface area contributed by atoms with Crippen molar-refractivity contribution < 1.29 is 188 Å². The van der Waals surface area contributed by atoms with E-state index < -0.39 is 271 Å². The highest BCUT2D eigenvalue weighted by Gasteiger charge is 2.57. The summed E-state index contributed by atoms with van der Waals surface area (Å²) in [7, 11) is 0. The van der Waals surface area contributed by atoms with Crippen LogP contribution in [-0.4, -0.2) is 390 Å². The molecule has 0 radical (unpaired) electrons. The summed E-state index contributed by atoms with van der Waals surface area (Å²) < 4.78 is 87.6. The predicted molar refractivity (Wildman–Crippen MR) is 418 cm³/mol. The maximum atomic E-state index is 13.5. The number of rotatable bonds is 42. The average Bonchev–Trinajstić information content (AvgIpc) is 0.786. The Labute approximate surface area is 698 Å². The van der Waals surface area contributed by atoms with E-state index in [0.29, 0.717) is 51.4 Å². The van der Waals surface area contributed by atoms with Crippen LogP contribution in [0, 0.1) is 0 Å². The fraction of sp³-hybridized carbons (Fsp3) is 0.793. The Morgan fingerprint density at radius 3 is 1.12 bits per heavy atom. The van der Waals surface area contributed by atoms with E-state index in [9.17, 15) is 117 Å². The smallest absolute Gasteiger partial charge is 0.333 e. The van der Waals surface area contributed by atoms with Gasteiger partial charge in [-0.25, -0.2) is 4.79 Å². The summed E-state index contributed by atoms with van der Waals surface area (Å²) in [6, 6.07) is 0. The van der Waals surface area contributed by atoms with Crippen LogP contribution in [0.4, 0.5) is 0 Å². The first-order valence-corrected chi connectivity index (χ1v) is 40.9. The molecule has 7 fully saturated rings. The second-order valence-electron chi connectivity index (χ2n) is 32.9. The molecule has 0 aromatic carbocycles. The molecule has 0 unspecified atom stereocenters. The molecule has 38 nitrogen and oxygen atoms in total. The molecule has 0 saturated carbocycles. The molecule has 0 spiro atoms. The largest absolute Gasteiger partial charge is 0.453 e. The third-order valence-corrected chi connectivity index (χ3v) is 22.9. The van der Waals surface area contributed by atoms with Crippen molar-refractivity contribution >= 4 is 5.97 Å². The van der Waals surface area contributed by atoms with Gasteiger partial charge in [0.1, 0.15) is 153 Å². The number of carbonyl (C=O) groups is 1. The van der Waals surface area contributed by atoms with Gasteiger partial charge in [0.05, 0.1) is 69.2 Å². The zero-order valence-electron chi connectivity index (χ0n) is 69.7. The highest BCUT2D eigenvalue weighted by Crippen LogP contribution is 2.38. The highest BCUT2D eigenvalue weighted by molar-refractivity contribution is 5.88. The predicted octanol–water partition coefficient (Wildman–Crippen LogP) is -3.44. The standard InChI is InChI=1S/C82H134O38/c1-13-81(11,119-79-71(62(98)56(92)49(34-85)112-79)117-76-64(100)59(95)54(90)47(32-83)110-76)28-18-26-39(4)21-15-20-38(3)23-17-25-42(7)36-106-74-68(104)70(53(89)45(10)108-74)116-78-66(102)61(97)58(94)51(114-78)37-107-75-67(103)69(52(88)44(9)109-75)115-73(105)43(8)31-46(87)30-41(6)24-16-22-40(5)27-19-29-82(12,14-2)120-80-72(63(99)57(93)50(35-86)113-80)118-77-65(101)60(96)55(91)48(33-84)111-77/h13-14,20,24-27,31,44-72,74-80,83-104H,1-2,15-19,21-23,28-30,32-37H2,3-12H3/b38-20+,39-26+,40-27+,41-24+,42-25-,43-31+/t44-,45-,46+,47+,48+,49+,50+,51+,52-,53-,54+,55+,56+,57+,58+,59-,60-,61-,62-,63-,64+,65+,66+,67+,68+,69+,70+,71+,72+,74+,75-,76-,77-,78-,79-,80-,81+,82+/m0/s1. The van der Waals surface area contributed by atoms with E-state index in [1.54, 1.807) is 20.8 Å². The molecule has 7 aliphatic heterocycles. The van der Waals surface area contributed by atoms with E-state index in [1.165, 1.54) is 39.0 Å². The van der Waals surface area contributed by atoms with Gasteiger partial charge in [0.2, 0.25) is 0 Å². The van der Waals surface area contributed by atoms with Crippen molar-refractivity contribution in [2.24, 2.45) is 0 Å². The molecular weight excluding hydrogens is 1590 g/mol. The number of hydrogen-bond acceptors (Lipinski definition) is 38. The summed E-state index contributed by atoms with van der Waals surface area (Å²) in [6.07, 6.45) is -37.7. The molecule has 22 N–H and O–H groups in total. The van der Waals surface area contributed by atoms with E-state index in [1.807, 2.05) is 52.0 Å². The third-order valence-electron chi connectivity index (χ3n) is 22.9. The zero-order chi connectivity index (χ0) is 89.1. The first kappa shape index (κ1) is 103. The second-order valence-corrected chi connectivity index (χ2v) is 32.9. The first-order chi connectivity index (χ1) is 56.6. The zero-order valence-corrected chi connectivity index (χ0v) is 69.7. The van der Waals surface area contributed by atoms with Crippen molar-refractivity contribution in [2.75, 3.05) is 39.6 Å². The topological polar surface area (TPSA) is 601 Å². The average molecular weight is 1730 g/mol. The summed E-state index contributed by atoms with van der Waals surface area (Å²) in [4.78, 5) is 13.5. The summed E-state index contributed by atoms with van der Waals surface area (Å²) in [5, 5.41) is 235. The van der Waals surface area contributed by atoms with Crippen molar-refractivity contribution in [3.63, 3.8) is 0 Å². The molecule has 0 bridgehead atoms. The van der Waals surface area contributed by atoms with E-state index in [4.69, 9.17) is 71.1 Å². The number of ether oxygens (including phenoxy) is 15. The van der Waals surface area contributed by atoms with Crippen LogP contribution in [0.5, 0.6) is 0 Å². The lowest BCUT2D eigenvalue weighted by molar-refractivity contribution is -0.375. The molecule has 0 amide bonds. The monoisotopic (exact) mass is 1730 g/mol. The van der Waals surface area contributed by atoms with Crippen LogP contribution >= 0.6 is 0 Å². The normalized spacial score (nSPS) is 41.1. The lowest BCUT2D eigenvalue weighted by Crippen LogP contribution is -2.65. The Balaban J connectivity index is 0.828. The molecule has 7 saturated heterocycles. The maximum absolute atomic E-state index is 13.5. The van der Waals surface area contributed by atoms with Crippen LogP contribution < -0.4 is 0 Å². The van der Waals surface area contributed by atoms with Crippen LogP contribution in [0.15, 0.2) is 95.2 Å². The molecule has 120 heavy (non-hydrogen) atoms. The van der Waals surface area contributed by atoms with Gasteiger partial charge < -0.3 is 183 Å². The molecule has 7 rings (SSSR count). The van der Waals surface area contributed by atoms with Gasteiger partial charge in [0, 0.05) is 5.57 Å². The maximum Gasteiger partial charge on any atom is 0.333 e. The fourth-order valence-corrected chi connectivity index (χ4v) is 14.8.